The van der Waals surface area contributed by atoms with Gasteiger partial charge < -0.3 is 9.73 Å². The van der Waals surface area contributed by atoms with E-state index in [0.717, 1.165) is 11.1 Å². The Morgan fingerprint density at radius 2 is 1.85 bits per heavy atom. The van der Waals surface area contributed by atoms with Gasteiger partial charge >= 0.3 is 0 Å². The van der Waals surface area contributed by atoms with Gasteiger partial charge in [-0.25, -0.2) is 4.98 Å². The van der Waals surface area contributed by atoms with Gasteiger partial charge in [0.25, 0.3) is 5.91 Å². The first-order valence-corrected chi connectivity index (χ1v) is 9.00. The maximum absolute atomic E-state index is 13.0. The second kappa shape index (κ2) is 7.06. The summed E-state index contributed by atoms with van der Waals surface area (Å²) in [6, 6.07) is 17.8. The lowest BCUT2D eigenvalue weighted by atomic mass is 10.1. The van der Waals surface area contributed by atoms with Crippen molar-refractivity contribution in [3.8, 4) is 11.5 Å². The zero-order chi connectivity index (χ0) is 19.0. The Bertz CT molecular complexity index is 1170. The maximum Gasteiger partial charge on any atom is 0.256 e. The average molecular weight is 397 g/mol. The summed E-state index contributed by atoms with van der Waals surface area (Å²) in [5.74, 6) is 1.10. The lowest BCUT2D eigenvalue weighted by Crippen LogP contribution is -2.13. The van der Waals surface area contributed by atoms with E-state index in [2.05, 4.69) is 10.3 Å². The fourth-order valence-corrected chi connectivity index (χ4v) is 3.30. The molecule has 4 rings (SSSR count). The van der Waals surface area contributed by atoms with Crippen molar-refractivity contribution in [1.29, 1.82) is 0 Å². The molecular formula is C21H14Cl2N2O2. The number of halogens is 2. The van der Waals surface area contributed by atoms with E-state index in [-0.39, 0.29) is 5.91 Å². The lowest BCUT2D eigenvalue weighted by molar-refractivity contribution is 0.102. The Morgan fingerprint density at radius 3 is 2.59 bits per heavy atom. The van der Waals surface area contributed by atoms with Crippen molar-refractivity contribution in [2.75, 3.05) is 5.32 Å². The number of pyridine rings is 1. The number of nitrogens with zero attached hydrogens (tertiary/aromatic N) is 1. The minimum absolute atomic E-state index is 0.289. The van der Waals surface area contributed by atoms with Gasteiger partial charge in [0.1, 0.15) is 11.5 Å². The van der Waals surface area contributed by atoms with Gasteiger partial charge in [0.15, 0.2) is 5.76 Å². The molecule has 4 aromatic rings. The van der Waals surface area contributed by atoms with E-state index in [1.165, 1.54) is 0 Å². The summed E-state index contributed by atoms with van der Waals surface area (Å²) in [5, 5.41) is 4.46. The Balaban J connectivity index is 1.80. The van der Waals surface area contributed by atoms with Crippen LogP contribution in [0.1, 0.15) is 16.1 Å². The Hall–Kier alpha value is -2.82. The lowest BCUT2D eigenvalue weighted by Gasteiger charge is -2.11. The van der Waals surface area contributed by atoms with Gasteiger partial charge in [0, 0.05) is 10.4 Å². The van der Waals surface area contributed by atoms with Gasteiger partial charge in [-0.2, -0.15) is 0 Å². The molecule has 6 heteroatoms. The van der Waals surface area contributed by atoms with E-state index >= 15 is 0 Å². The number of anilines is 1. The van der Waals surface area contributed by atoms with Crippen LogP contribution in [0.4, 0.5) is 5.69 Å². The summed E-state index contributed by atoms with van der Waals surface area (Å²) in [5.41, 5.74) is 2.27. The van der Waals surface area contributed by atoms with Gasteiger partial charge in [0.2, 0.25) is 0 Å². The Kier molecular flexibility index (Phi) is 4.60. The molecule has 0 fully saturated rings. The quantitative estimate of drug-likeness (QED) is 0.438. The van der Waals surface area contributed by atoms with Crippen LogP contribution in [0.5, 0.6) is 0 Å². The summed E-state index contributed by atoms with van der Waals surface area (Å²) < 4.78 is 5.67. The van der Waals surface area contributed by atoms with Crippen molar-refractivity contribution < 1.29 is 9.21 Å². The van der Waals surface area contributed by atoms with E-state index < -0.39 is 0 Å². The first-order chi connectivity index (χ1) is 13.0. The van der Waals surface area contributed by atoms with Crippen molar-refractivity contribution >= 4 is 45.7 Å². The Morgan fingerprint density at radius 1 is 1.04 bits per heavy atom. The van der Waals surface area contributed by atoms with Crippen molar-refractivity contribution in [2.45, 2.75) is 6.92 Å². The van der Waals surface area contributed by atoms with Crippen molar-refractivity contribution in [3.63, 3.8) is 0 Å². The predicted octanol–water partition coefficient (Wildman–Crippen LogP) is 6.36. The highest BCUT2D eigenvalue weighted by Gasteiger charge is 2.16. The number of rotatable bonds is 3. The van der Waals surface area contributed by atoms with Crippen LogP contribution in [-0.2, 0) is 0 Å². The molecule has 2 aromatic carbocycles. The van der Waals surface area contributed by atoms with Crippen molar-refractivity contribution in [1.82, 2.24) is 4.98 Å². The zero-order valence-electron chi connectivity index (χ0n) is 14.3. The molecule has 0 saturated heterocycles. The number of amides is 1. The largest absolute Gasteiger partial charge is 0.460 e. The third-order valence-corrected chi connectivity index (χ3v) is 4.68. The van der Waals surface area contributed by atoms with Crippen molar-refractivity contribution in [3.05, 3.63) is 82.0 Å². The van der Waals surface area contributed by atoms with E-state index in [4.69, 9.17) is 27.6 Å². The summed E-state index contributed by atoms with van der Waals surface area (Å²) in [4.78, 5) is 17.6. The van der Waals surface area contributed by atoms with Crippen LogP contribution >= 0.6 is 23.2 Å². The molecule has 0 radical (unpaired) electrons. The Labute approximate surface area is 165 Å². The van der Waals surface area contributed by atoms with E-state index in [0.29, 0.717) is 38.3 Å². The number of hydrogen-bond acceptors (Lipinski definition) is 3. The minimum atomic E-state index is -0.289. The molecule has 134 valence electrons. The molecule has 0 unspecified atom stereocenters. The van der Waals surface area contributed by atoms with Gasteiger partial charge in [-0.15, -0.1) is 0 Å². The molecule has 0 spiro atoms. The number of para-hydroxylation sites is 1. The molecule has 0 saturated carbocycles. The molecule has 1 N–H and O–H groups in total. The molecule has 0 aliphatic heterocycles. The summed E-state index contributed by atoms with van der Waals surface area (Å²) in [6.07, 6.45) is 0. The zero-order valence-corrected chi connectivity index (χ0v) is 15.8. The minimum Gasteiger partial charge on any atom is -0.460 e. The van der Waals surface area contributed by atoms with Gasteiger partial charge in [0.05, 0.1) is 21.8 Å². The van der Waals surface area contributed by atoms with Crippen molar-refractivity contribution in [2.24, 2.45) is 0 Å². The van der Waals surface area contributed by atoms with Gasteiger partial charge in [-0.3, -0.25) is 4.79 Å². The summed E-state index contributed by atoms with van der Waals surface area (Å²) >= 11 is 12.1. The highest BCUT2D eigenvalue weighted by atomic mass is 35.5. The average Bonchev–Trinajstić information content (AvgIpc) is 3.09. The molecule has 0 aliphatic rings. The molecule has 0 bridgehead atoms. The number of aromatic nitrogens is 1. The topological polar surface area (TPSA) is 55.1 Å². The fraction of sp³-hybridized carbons (Fsp3) is 0.0476. The van der Waals surface area contributed by atoms with Crippen LogP contribution in [0, 0.1) is 6.92 Å². The molecule has 1 amide bonds. The number of aryl methyl sites for hydroxylation is 1. The third kappa shape index (κ3) is 3.54. The molecule has 0 aliphatic carbocycles. The molecule has 0 atom stereocenters. The SMILES string of the molecule is Cc1ccc(-c2cc(C(=O)Nc3ccc(Cl)cc3Cl)c3ccccc3n2)o1. The third-order valence-electron chi connectivity index (χ3n) is 4.13. The highest BCUT2D eigenvalue weighted by Crippen LogP contribution is 2.29. The van der Waals surface area contributed by atoms with Gasteiger partial charge in [-0.1, -0.05) is 41.4 Å². The van der Waals surface area contributed by atoms with E-state index in [1.807, 2.05) is 43.3 Å². The van der Waals surface area contributed by atoms with Crippen LogP contribution in [0.25, 0.3) is 22.4 Å². The number of fused-ring (bicyclic) bond motifs is 1. The number of carbonyl (C=O) groups is 1. The molecule has 27 heavy (non-hydrogen) atoms. The monoisotopic (exact) mass is 396 g/mol. The fourth-order valence-electron chi connectivity index (χ4n) is 2.84. The van der Waals surface area contributed by atoms with Crippen LogP contribution in [0.15, 0.2) is 65.1 Å². The van der Waals surface area contributed by atoms with Crippen LogP contribution in [-0.4, -0.2) is 10.9 Å². The number of benzene rings is 2. The normalized spacial score (nSPS) is 10.9. The predicted molar refractivity (Wildman–Crippen MR) is 109 cm³/mol. The van der Waals surface area contributed by atoms with E-state index in [1.54, 1.807) is 24.3 Å². The smallest absolute Gasteiger partial charge is 0.256 e. The van der Waals surface area contributed by atoms with Crippen LogP contribution in [0.2, 0.25) is 10.0 Å². The number of furan rings is 1. The highest BCUT2D eigenvalue weighted by molar-refractivity contribution is 6.37. The molecule has 2 aromatic heterocycles. The first-order valence-electron chi connectivity index (χ1n) is 8.24. The number of hydrogen-bond donors (Lipinski definition) is 1. The van der Waals surface area contributed by atoms with Crippen LogP contribution in [0.3, 0.4) is 0 Å². The van der Waals surface area contributed by atoms with E-state index in [9.17, 15) is 4.79 Å². The summed E-state index contributed by atoms with van der Waals surface area (Å²) in [7, 11) is 0. The molecular weight excluding hydrogens is 383 g/mol. The molecule has 2 heterocycles. The number of nitrogens with one attached hydrogen (secondary N) is 1. The maximum atomic E-state index is 13.0. The summed E-state index contributed by atoms with van der Waals surface area (Å²) in [6.45, 7) is 1.86. The number of carbonyl (C=O) groups excluding carboxylic acids is 1. The second-order valence-corrected chi connectivity index (χ2v) is 6.90. The first kappa shape index (κ1) is 17.6. The molecule has 4 nitrogen and oxygen atoms in total. The standard InChI is InChI=1S/C21H14Cl2N2O2/c1-12-6-9-20(27-12)19-11-15(14-4-2-3-5-17(14)24-19)21(26)25-18-8-7-13(22)10-16(18)23/h2-11H,1H3,(H,25,26). The van der Waals surface area contributed by atoms with Crippen LogP contribution < -0.4 is 5.32 Å². The second-order valence-electron chi connectivity index (χ2n) is 6.06. The van der Waals surface area contributed by atoms with Gasteiger partial charge in [-0.05, 0) is 49.4 Å².